The van der Waals surface area contributed by atoms with Gasteiger partial charge in [0, 0.05) is 15.3 Å². The van der Waals surface area contributed by atoms with Crippen molar-refractivity contribution in [3.05, 3.63) is 30.3 Å². The van der Waals surface area contributed by atoms with Gasteiger partial charge in [0.25, 0.3) is 0 Å². The van der Waals surface area contributed by atoms with Crippen molar-refractivity contribution in [3.8, 4) is 0 Å². The Labute approximate surface area is 114 Å². The van der Waals surface area contributed by atoms with E-state index in [0.717, 1.165) is 11.7 Å². The molecule has 0 bridgehead atoms. The van der Waals surface area contributed by atoms with Gasteiger partial charge in [0.1, 0.15) is 7.14 Å². The standard InChI is InChI=1S/C12H15Br2OP/c1-9-8-12(2,14)11(13)16(9,15)10-6-4-3-5-7-10/h3-7,9,11H,8H2,1-2H3. The third kappa shape index (κ3) is 1.85. The van der Waals surface area contributed by atoms with E-state index in [4.69, 9.17) is 0 Å². The Bertz CT molecular complexity index is 430. The van der Waals surface area contributed by atoms with Crippen molar-refractivity contribution in [2.75, 3.05) is 0 Å². The second kappa shape index (κ2) is 4.26. The molecule has 2 rings (SSSR count). The molecule has 16 heavy (non-hydrogen) atoms. The summed E-state index contributed by atoms with van der Waals surface area (Å²) in [4.78, 5) is 0. The highest BCUT2D eigenvalue weighted by molar-refractivity contribution is 9.13. The van der Waals surface area contributed by atoms with Crippen molar-refractivity contribution in [3.63, 3.8) is 0 Å². The van der Waals surface area contributed by atoms with Gasteiger partial charge in [-0.1, -0.05) is 69.1 Å². The van der Waals surface area contributed by atoms with Gasteiger partial charge in [-0.2, -0.15) is 0 Å². The molecule has 1 saturated heterocycles. The van der Waals surface area contributed by atoms with Crippen molar-refractivity contribution >= 4 is 44.3 Å². The van der Waals surface area contributed by atoms with Crippen LogP contribution in [0.25, 0.3) is 0 Å². The van der Waals surface area contributed by atoms with Crippen LogP contribution in [0.5, 0.6) is 0 Å². The molecular weight excluding hydrogens is 351 g/mol. The average Bonchev–Trinajstić information content (AvgIpc) is 2.41. The summed E-state index contributed by atoms with van der Waals surface area (Å²) >= 11 is 7.35. The molecule has 0 aliphatic carbocycles. The number of hydrogen-bond donors (Lipinski definition) is 0. The van der Waals surface area contributed by atoms with Gasteiger partial charge in [-0.05, 0) is 13.3 Å². The summed E-state index contributed by atoms with van der Waals surface area (Å²) in [7, 11) is -2.36. The minimum absolute atomic E-state index is 0.0184. The number of rotatable bonds is 1. The molecule has 1 fully saturated rings. The monoisotopic (exact) mass is 364 g/mol. The summed E-state index contributed by atoms with van der Waals surface area (Å²) in [6.07, 6.45) is 0.940. The zero-order chi connectivity index (χ0) is 12.0. The van der Waals surface area contributed by atoms with Crippen LogP contribution in [0.1, 0.15) is 20.3 Å². The molecule has 1 nitrogen and oxygen atoms in total. The molecule has 1 aliphatic heterocycles. The number of benzene rings is 1. The molecule has 0 amide bonds. The Hall–Kier alpha value is 0.410. The lowest BCUT2D eigenvalue weighted by Crippen LogP contribution is -2.23. The maximum Gasteiger partial charge on any atom is 0.132 e. The lowest BCUT2D eigenvalue weighted by Gasteiger charge is -2.24. The van der Waals surface area contributed by atoms with Crippen LogP contribution in [0.15, 0.2) is 30.3 Å². The first kappa shape index (κ1) is 12.9. The molecule has 4 heteroatoms. The van der Waals surface area contributed by atoms with Crippen molar-refractivity contribution in [1.29, 1.82) is 0 Å². The molecule has 0 aromatic heterocycles. The van der Waals surface area contributed by atoms with Crippen LogP contribution in [-0.2, 0) is 4.57 Å². The number of halogens is 2. The maximum absolute atomic E-state index is 13.2. The highest BCUT2D eigenvalue weighted by Gasteiger charge is 2.54. The molecule has 88 valence electrons. The smallest absolute Gasteiger partial charge is 0.132 e. The highest BCUT2D eigenvalue weighted by atomic mass is 79.9. The van der Waals surface area contributed by atoms with E-state index in [1.165, 1.54) is 0 Å². The third-order valence-electron chi connectivity index (χ3n) is 3.34. The first-order chi connectivity index (χ1) is 7.39. The van der Waals surface area contributed by atoms with Gasteiger partial charge < -0.3 is 4.57 Å². The van der Waals surface area contributed by atoms with E-state index in [9.17, 15) is 4.57 Å². The summed E-state index contributed by atoms with van der Waals surface area (Å²) in [5.41, 5.74) is 0.226. The predicted molar refractivity (Wildman–Crippen MR) is 77.8 cm³/mol. The van der Waals surface area contributed by atoms with Gasteiger partial charge >= 0.3 is 0 Å². The van der Waals surface area contributed by atoms with E-state index in [2.05, 4.69) is 45.7 Å². The van der Waals surface area contributed by atoms with Crippen LogP contribution in [0.2, 0.25) is 0 Å². The summed E-state index contributed by atoms with van der Waals surface area (Å²) < 4.78 is 13.2. The quantitative estimate of drug-likeness (QED) is 0.534. The fourth-order valence-corrected chi connectivity index (χ4v) is 9.65. The summed E-state index contributed by atoms with van der Waals surface area (Å²) in [6, 6.07) is 9.86. The SMILES string of the molecule is CC1CC(C)(Br)C(Br)P1(=O)c1ccccc1. The normalized spacial score (nSPS) is 43.5. The zero-order valence-electron chi connectivity index (χ0n) is 9.36. The van der Waals surface area contributed by atoms with Gasteiger partial charge in [-0.3, -0.25) is 0 Å². The number of hydrogen-bond acceptors (Lipinski definition) is 1. The van der Waals surface area contributed by atoms with E-state index in [1.807, 2.05) is 30.3 Å². The van der Waals surface area contributed by atoms with Crippen molar-refractivity contribution in [2.45, 2.75) is 34.8 Å². The van der Waals surface area contributed by atoms with E-state index in [0.29, 0.717) is 0 Å². The van der Waals surface area contributed by atoms with Gasteiger partial charge in [0.2, 0.25) is 0 Å². The zero-order valence-corrected chi connectivity index (χ0v) is 13.4. The van der Waals surface area contributed by atoms with E-state index in [-0.39, 0.29) is 14.6 Å². The lowest BCUT2D eigenvalue weighted by atomic mass is 10.1. The van der Waals surface area contributed by atoms with Crippen LogP contribution in [0.3, 0.4) is 0 Å². The van der Waals surface area contributed by atoms with Crippen LogP contribution in [0.4, 0.5) is 0 Å². The minimum atomic E-state index is -2.36. The molecule has 0 saturated carbocycles. The van der Waals surface area contributed by atoms with E-state index in [1.54, 1.807) is 0 Å². The molecule has 1 aromatic carbocycles. The molecule has 0 radical (unpaired) electrons. The third-order valence-corrected chi connectivity index (χ3v) is 11.8. The van der Waals surface area contributed by atoms with Crippen molar-refractivity contribution < 1.29 is 4.57 Å². The van der Waals surface area contributed by atoms with Crippen LogP contribution >= 0.6 is 39.0 Å². The van der Waals surface area contributed by atoms with Gasteiger partial charge in [0.15, 0.2) is 0 Å². The molecule has 1 aliphatic rings. The average molecular weight is 366 g/mol. The summed E-state index contributed by atoms with van der Waals surface area (Å²) in [5, 5.41) is 0.993. The number of alkyl halides is 2. The van der Waals surface area contributed by atoms with Gasteiger partial charge in [0.05, 0.1) is 4.57 Å². The molecule has 4 atom stereocenters. The first-order valence-corrected chi connectivity index (χ1v) is 8.92. The lowest BCUT2D eigenvalue weighted by molar-refractivity contribution is 0.578. The molecule has 1 heterocycles. The van der Waals surface area contributed by atoms with Gasteiger partial charge in [-0.25, -0.2) is 0 Å². The molecule has 0 N–H and O–H groups in total. The maximum atomic E-state index is 13.2. The minimum Gasteiger partial charge on any atom is -0.317 e. The Kier molecular flexibility index (Phi) is 3.42. The summed E-state index contributed by atoms with van der Waals surface area (Å²) in [5.74, 6) is 0. The van der Waals surface area contributed by atoms with E-state index < -0.39 is 7.14 Å². The van der Waals surface area contributed by atoms with E-state index >= 15 is 0 Å². The molecule has 0 spiro atoms. The van der Waals surface area contributed by atoms with Crippen LogP contribution in [0, 0.1) is 0 Å². The second-order valence-electron chi connectivity index (χ2n) is 4.71. The fourth-order valence-electron chi connectivity index (χ4n) is 2.48. The summed E-state index contributed by atoms with van der Waals surface area (Å²) in [6.45, 7) is 4.21. The Morgan fingerprint density at radius 3 is 2.38 bits per heavy atom. The predicted octanol–water partition coefficient (Wildman–Crippen LogP) is 4.34. The van der Waals surface area contributed by atoms with Crippen molar-refractivity contribution in [1.82, 2.24) is 0 Å². The van der Waals surface area contributed by atoms with Crippen LogP contribution < -0.4 is 5.30 Å². The molecular formula is C12H15Br2OP. The first-order valence-electron chi connectivity index (χ1n) is 5.37. The Morgan fingerprint density at radius 2 is 1.94 bits per heavy atom. The van der Waals surface area contributed by atoms with Gasteiger partial charge in [-0.15, -0.1) is 0 Å². The molecule has 4 unspecified atom stereocenters. The van der Waals surface area contributed by atoms with Crippen molar-refractivity contribution in [2.24, 2.45) is 0 Å². The van der Waals surface area contributed by atoms with Crippen LogP contribution in [-0.4, -0.2) is 14.6 Å². The topological polar surface area (TPSA) is 17.1 Å². The largest absolute Gasteiger partial charge is 0.317 e. The molecule has 1 aromatic rings. The fraction of sp³-hybridized carbons (Fsp3) is 0.500. The second-order valence-corrected chi connectivity index (χ2v) is 11.5. The Balaban J connectivity index is 2.51. The highest BCUT2D eigenvalue weighted by Crippen LogP contribution is 2.69. The Morgan fingerprint density at radius 1 is 1.38 bits per heavy atom.